The van der Waals surface area contributed by atoms with Gasteiger partial charge in [0.2, 0.25) is 0 Å². The van der Waals surface area contributed by atoms with Crippen LogP contribution >= 0.6 is 11.6 Å². The average molecular weight is 243 g/mol. The molecule has 0 bridgehead atoms. The van der Waals surface area contributed by atoms with Crippen LogP contribution in [0.15, 0.2) is 24.3 Å². The van der Waals surface area contributed by atoms with Gasteiger partial charge in [-0.15, -0.1) is 0 Å². The van der Waals surface area contributed by atoms with Crippen molar-refractivity contribution >= 4 is 17.6 Å². The Balaban J connectivity index is 2.75. The fourth-order valence-electron chi connectivity index (χ4n) is 1.04. The first kappa shape index (κ1) is 12.8. The number of ether oxygens (including phenoxy) is 1. The molecule has 0 aliphatic carbocycles. The molecule has 0 aliphatic heterocycles. The van der Waals surface area contributed by atoms with E-state index < -0.39 is 17.5 Å². The van der Waals surface area contributed by atoms with Crippen LogP contribution < -0.4 is 4.74 Å². The van der Waals surface area contributed by atoms with Crippen molar-refractivity contribution < 1.29 is 14.6 Å². The number of benzene rings is 1. The lowest BCUT2D eigenvalue weighted by atomic mass is 9.87. The van der Waals surface area contributed by atoms with E-state index in [1.807, 2.05) is 0 Å². The maximum Gasteiger partial charge on any atom is 0.312 e. The molecule has 0 radical (unpaired) electrons. The monoisotopic (exact) mass is 242 g/mol. The predicted molar refractivity (Wildman–Crippen MR) is 63.0 cm³/mol. The van der Waals surface area contributed by atoms with Crippen molar-refractivity contribution in [1.82, 2.24) is 0 Å². The summed E-state index contributed by atoms with van der Waals surface area (Å²) in [4.78, 5) is 11.0. The second-order valence-electron chi connectivity index (χ2n) is 4.24. The molecule has 1 unspecified atom stereocenters. The highest BCUT2D eigenvalue weighted by Gasteiger charge is 2.35. The average Bonchev–Trinajstić information content (AvgIpc) is 2.21. The second-order valence-corrected chi connectivity index (χ2v) is 4.68. The maximum atomic E-state index is 11.0. The third-order valence-electron chi connectivity index (χ3n) is 2.69. The van der Waals surface area contributed by atoms with Crippen LogP contribution in [0.3, 0.4) is 0 Å². The highest BCUT2D eigenvalue weighted by Crippen LogP contribution is 2.26. The summed E-state index contributed by atoms with van der Waals surface area (Å²) in [6.07, 6.45) is -0.425. The zero-order chi connectivity index (χ0) is 12.3. The van der Waals surface area contributed by atoms with Gasteiger partial charge in [0.25, 0.3) is 0 Å². The van der Waals surface area contributed by atoms with Crippen LogP contribution in [-0.4, -0.2) is 17.2 Å². The number of hydrogen-bond donors (Lipinski definition) is 1. The number of rotatable bonds is 4. The zero-order valence-corrected chi connectivity index (χ0v) is 10.3. The highest BCUT2D eigenvalue weighted by molar-refractivity contribution is 6.30. The third-order valence-corrected chi connectivity index (χ3v) is 2.95. The molecule has 0 fully saturated rings. The summed E-state index contributed by atoms with van der Waals surface area (Å²) in [5, 5.41) is 9.66. The number of hydrogen-bond acceptors (Lipinski definition) is 2. The van der Waals surface area contributed by atoms with Crippen LogP contribution in [0.5, 0.6) is 5.75 Å². The molecule has 16 heavy (non-hydrogen) atoms. The van der Waals surface area contributed by atoms with E-state index in [0.717, 1.165) is 0 Å². The smallest absolute Gasteiger partial charge is 0.312 e. The minimum atomic E-state index is -0.931. The quantitative estimate of drug-likeness (QED) is 0.882. The van der Waals surface area contributed by atoms with Gasteiger partial charge in [-0.2, -0.15) is 0 Å². The topological polar surface area (TPSA) is 46.5 Å². The first-order valence-corrected chi connectivity index (χ1v) is 5.37. The fraction of sp³-hybridized carbons (Fsp3) is 0.417. The van der Waals surface area contributed by atoms with Crippen molar-refractivity contribution in [2.45, 2.75) is 26.9 Å². The van der Waals surface area contributed by atoms with Crippen molar-refractivity contribution in [2.24, 2.45) is 5.41 Å². The highest BCUT2D eigenvalue weighted by atomic mass is 35.5. The molecule has 0 aliphatic rings. The molecule has 0 amide bonds. The van der Waals surface area contributed by atoms with E-state index in [0.29, 0.717) is 10.8 Å². The number of carboxylic acid groups (broad SMARTS) is 1. The number of halogens is 1. The van der Waals surface area contributed by atoms with Gasteiger partial charge in [-0.1, -0.05) is 11.6 Å². The SMILES string of the molecule is CC(Oc1ccc(Cl)cc1)C(C)(C)C(=O)O. The molecule has 3 nitrogen and oxygen atoms in total. The first-order chi connectivity index (χ1) is 7.34. The normalized spacial score (nSPS) is 13.2. The Morgan fingerprint density at radius 1 is 1.38 bits per heavy atom. The third kappa shape index (κ3) is 2.89. The minimum Gasteiger partial charge on any atom is -0.490 e. The van der Waals surface area contributed by atoms with E-state index in [1.165, 1.54) is 0 Å². The molecule has 0 spiro atoms. The van der Waals surface area contributed by atoms with Crippen molar-refractivity contribution in [3.63, 3.8) is 0 Å². The lowest BCUT2D eigenvalue weighted by Gasteiger charge is -2.27. The summed E-state index contributed by atoms with van der Waals surface area (Å²) in [7, 11) is 0. The Labute approximate surface area is 100.0 Å². The van der Waals surface area contributed by atoms with Crippen LogP contribution in [0.1, 0.15) is 20.8 Å². The molecule has 4 heteroatoms. The van der Waals surface area contributed by atoms with Crippen LogP contribution in [0.2, 0.25) is 5.02 Å². The summed E-state index contributed by atoms with van der Waals surface area (Å²) in [6, 6.07) is 6.85. The van der Waals surface area contributed by atoms with E-state index in [1.54, 1.807) is 45.0 Å². The van der Waals surface area contributed by atoms with Gasteiger partial charge in [0, 0.05) is 5.02 Å². The standard InChI is InChI=1S/C12H15ClO3/c1-8(12(2,3)11(14)15)16-10-6-4-9(13)5-7-10/h4-8H,1-3H3,(H,14,15). The van der Waals surface area contributed by atoms with Crippen molar-refractivity contribution in [1.29, 1.82) is 0 Å². The molecule has 0 heterocycles. The lowest BCUT2D eigenvalue weighted by Crippen LogP contribution is -2.38. The number of carboxylic acids is 1. The molecule has 88 valence electrons. The second kappa shape index (κ2) is 4.74. The fourth-order valence-corrected chi connectivity index (χ4v) is 1.16. The van der Waals surface area contributed by atoms with Gasteiger partial charge < -0.3 is 9.84 Å². The van der Waals surface area contributed by atoms with Gasteiger partial charge in [-0.05, 0) is 45.0 Å². The minimum absolute atomic E-state index is 0.425. The Morgan fingerprint density at radius 3 is 2.31 bits per heavy atom. The van der Waals surface area contributed by atoms with Crippen LogP contribution in [-0.2, 0) is 4.79 Å². The lowest BCUT2D eigenvalue weighted by molar-refractivity contribution is -0.151. The molecule has 1 aromatic carbocycles. The molecule has 0 aromatic heterocycles. The van der Waals surface area contributed by atoms with Gasteiger partial charge >= 0.3 is 5.97 Å². The summed E-state index contributed by atoms with van der Waals surface area (Å²) < 4.78 is 5.56. The van der Waals surface area contributed by atoms with Crippen molar-refractivity contribution in [3.8, 4) is 5.75 Å². The van der Waals surface area contributed by atoms with E-state index in [2.05, 4.69) is 0 Å². The van der Waals surface area contributed by atoms with Gasteiger partial charge in [0.15, 0.2) is 0 Å². The Bertz CT molecular complexity index is 370. The molecular formula is C12H15ClO3. The molecular weight excluding hydrogens is 228 g/mol. The summed E-state index contributed by atoms with van der Waals surface area (Å²) in [5.41, 5.74) is -0.931. The molecule has 1 atom stereocenters. The molecule has 0 saturated heterocycles. The summed E-state index contributed by atoms with van der Waals surface area (Å²) in [5.74, 6) is -0.264. The van der Waals surface area contributed by atoms with E-state index >= 15 is 0 Å². The van der Waals surface area contributed by atoms with Crippen molar-refractivity contribution in [3.05, 3.63) is 29.3 Å². The first-order valence-electron chi connectivity index (χ1n) is 4.99. The number of carbonyl (C=O) groups is 1. The Kier molecular flexibility index (Phi) is 3.81. The summed E-state index contributed by atoms with van der Waals surface area (Å²) >= 11 is 5.74. The van der Waals surface area contributed by atoms with E-state index in [9.17, 15) is 4.79 Å². The Hall–Kier alpha value is -1.22. The molecule has 1 N–H and O–H groups in total. The van der Waals surface area contributed by atoms with Crippen LogP contribution in [0, 0.1) is 5.41 Å². The van der Waals surface area contributed by atoms with Gasteiger partial charge in [0.1, 0.15) is 11.9 Å². The van der Waals surface area contributed by atoms with Crippen LogP contribution in [0.4, 0.5) is 0 Å². The zero-order valence-electron chi connectivity index (χ0n) is 9.53. The van der Waals surface area contributed by atoms with Gasteiger partial charge in [-0.25, -0.2) is 0 Å². The number of aliphatic carboxylic acids is 1. The predicted octanol–water partition coefficient (Wildman–Crippen LogP) is 3.22. The molecule has 1 rings (SSSR count). The molecule has 1 aromatic rings. The largest absolute Gasteiger partial charge is 0.490 e. The Morgan fingerprint density at radius 2 is 1.88 bits per heavy atom. The van der Waals surface area contributed by atoms with Crippen LogP contribution in [0.25, 0.3) is 0 Å². The van der Waals surface area contributed by atoms with E-state index in [-0.39, 0.29) is 0 Å². The molecule has 0 saturated carbocycles. The van der Waals surface area contributed by atoms with E-state index in [4.69, 9.17) is 21.4 Å². The van der Waals surface area contributed by atoms with Gasteiger partial charge in [-0.3, -0.25) is 4.79 Å². The van der Waals surface area contributed by atoms with Gasteiger partial charge in [0.05, 0.1) is 5.41 Å². The maximum absolute atomic E-state index is 11.0. The van der Waals surface area contributed by atoms with Crippen molar-refractivity contribution in [2.75, 3.05) is 0 Å². The summed E-state index contributed by atoms with van der Waals surface area (Å²) in [6.45, 7) is 5.01.